The number of nitrogens with zero attached hydrogens (tertiary/aromatic N) is 1. The van der Waals surface area contributed by atoms with Crippen molar-refractivity contribution in [3.63, 3.8) is 0 Å². The van der Waals surface area contributed by atoms with Crippen molar-refractivity contribution in [2.45, 2.75) is 66.0 Å². The summed E-state index contributed by atoms with van der Waals surface area (Å²) in [5.41, 5.74) is 6.29. The van der Waals surface area contributed by atoms with Gasteiger partial charge in [-0.1, -0.05) is 34.6 Å². The standard InChI is InChI=1S/C14H30N2/c1-11(2)8-9-16(12-6-7-12)13(10-15)14(3,4)5/h11-13H,6-10,15H2,1-5H3. The van der Waals surface area contributed by atoms with Crippen molar-refractivity contribution in [2.75, 3.05) is 13.1 Å². The molecule has 2 nitrogen and oxygen atoms in total. The zero-order chi connectivity index (χ0) is 12.3. The summed E-state index contributed by atoms with van der Waals surface area (Å²) >= 11 is 0. The van der Waals surface area contributed by atoms with Crippen molar-refractivity contribution in [3.05, 3.63) is 0 Å². The van der Waals surface area contributed by atoms with Gasteiger partial charge in [-0.25, -0.2) is 0 Å². The van der Waals surface area contributed by atoms with Crippen LogP contribution in [-0.2, 0) is 0 Å². The first kappa shape index (κ1) is 14.0. The van der Waals surface area contributed by atoms with E-state index in [-0.39, 0.29) is 0 Å². The van der Waals surface area contributed by atoms with Crippen LogP contribution < -0.4 is 5.73 Å². The minimum absolute atomic E-state index is 0.300. The van der Waals surface area contributed by atoms with Crippen LogP contribution in [0, 0.1) is 11.3 Å². The molecule has 16 heavy (non-hydrogen) atoms. The highest BCUT2D eigenvalue weighted by atomic mass is 15.2. The van der Waals surface area contributed by atoms with E-state index in [1.807, 2.05) is 0 Å². The van der Waals surface area contributed by atoms with E-state index in [0.29, 0.717) is 11.5 Å². The highest BCUT2D eigenvalue weighted by Crippen LogP contribution is 2.34. The summed E-state index contributed by atoms with van der Waals surface area (Å²) in [5.74, 6) is 0.791. The number of nitrogens with two attached hydrogens (primary N) is 1. The van der Waals surface area contributed by atoms with E-state index in [0.717, 1.165) is 18.5 Å². The molecule has 1 rings (SSSR count). The smallest absolute Gasteiger partial charge is 0.0269 e. The minimum Gasteiger partial charge on any atom is -0.329 e. The van der Waals surface area contributed by atoms with Crippen LogP contribution in [0.2, 0.25) is 0 Å². The Labute approximate surface area is 102 Å². The maximum absolute atomic E-state index is 5.99. The number of rotatable bonds is 6. The SMILES string of the molecule is CC(C)CCN(C1CC1)C(CN)C(C)(C)C. The lowest BCUT2D eigenvalue weighted by Gasteiger charge is -2.40. The molecule has 96 valence electrons. The predicted octanol–water partition coefficient (Wildman–Crippen LogP) is 2.87. The fraction of sp³-hybridized carbons (Fsp3) is 1.00. The molecule has 1 saturated carbocycles. The quantitative estimate of drug-likeness (QED) is 0.754. The molecule has 0 amide bonds. The molecule has 0 aromatic heterocycles. The maximum atomic E-state index is 5.99. The summed E-state index contributed by atoms with van der Waals surface area (Å²) in [6, 6.07) is 1.37. The molecule has 0 radical (unpaired) electrons. The molecule has 0 spiro atoms. The molecule has 0 saturated heterocycles. The van der Waals surface area contributed by atoms with E-state index in [1.54, 1.807) is 0 Å². The van der Waals surface area contributed by atoms with Crippen molar-refractivity contribution in [2.24, 2.45) is 17.1 Å². The van der Waals surface area contributed by atoms with Gasteiger partial charge in [0.2, 0.25) is 0 Å². The summed E-state index contributed by atoms with van der Waals surface area (Å²) in [7, 11) is 0. The molecule has 0 bridgehead atoms. The van der Waals surface area contributed by atoms with Gasteiger partial charge in [-0.2, -0.15) is 0 Å². The van der Waals surface area contributed by atoms with E-state index in [9.17, 15) is 0 Å². The van der Waals surface area contributed by atoms with Gasteiger partial charge in [-0.15, -0.1) is 0 Å². The van der Waals surface area contributed by atoms with Crippen molar-refractivity contribution >= 4 is 0 Å². The Kier molecular flexibility index (Phi) is 4.81. The van der Waals surface area contributed by atoms with Gasteiger partial charge in [0.05, 0.1) is 0 Å². The Bertz CT molecular complexity index is 201. The number of hydrogen-bond acceptors (Lipinski definition) is 2. The highest BCUT2D eigenvalue weighted by Gasteiger charge is 2.37. The maximum Gasteiger partial charge on any atom is 0.0269 e. The molecular weight excluding hydrogens is 196 g/mol. The molecule has 0 heterocycles. The third-order valence-electron chi connectivity index (χ3n) is 3.60. The van der Waals surface area contributed by atoms with Crippen LogP contribution >= 0.6 is 0 Å². The lowest BCUT2D eigenvalue weighted by atomic mass is 9.85. The first-order valence-electron chi connectivity index (χ1n) is 6.82. The zero-order valence-corrected chi connectivity index (χ0v) is 11.8. The fourth-order valence-electron chi connectivity index (χ4n) is 2.39. The van der Waals surface area contributed by atoms with Gasteiger partial charge in [0.15, 0.2) is 0 Å². The van der Waals surface area contributed by atoms with Crippen LogP contribution in [0.25, 0.3) is 0 Å². The zero-order valence-electron chi connectivity index (χ0n) is 11.8. The molecule has 1 unspecified atom stereocenters. The van der Waals surface area contributed by atoms with E-state index in [1.165, 1.54) is 25.8 Å². The average Bonchev–Trinajstić information content (AvgIpc) is 2.92. The van der Waals surface area contributed by atoms with Crippen LogP contribution in [0.1, 0.15) is 53.9 Å². The van der Waals surface area contributed by atoms with Gasteiger partial charge in [0.1, 0.15) is 0 Å². The lowest BCUT2D eigenvalue weighted by molar-refractivity contribution is 0.0919. The Morgan fingerprint density at radius 2 is 1.81 bits per heavy atom. The molecule has 1 fully saturated rings. The topological polar surface area (TPSA) is 29.3 Å². The largest absolute Gasteiger partial charge is 0.329 e. The molecule has 0 aromatic carbocycles. The second kappa shape index (κ2) is 5.50. The first-order chi connectivity index (χ1) is 7.36. The third-order valence-corrected chi connectivity index (χ3v) is 3.60. The molecule has 2 N–H and O–H groups in total. The Morgan fingerprint density at radius 1 is 1.25 bits per heavy atom. The van der Waals surface area contributed by atoms with E-state index < -0.39 is 0 Å². The third kappa shape index (κ3) is 4.06. The van der Waals surface area contributed by atoms with E-state index in [2.05, 4.69) is 39.5 Å². The minimum atomic E-state index is 0.300. The molecule has 2 heteroatoms. The average molecular weight is 226 g/mol. The van der Waals surface area contributed by atoms with Crippen molar-refractivity contribution in [3.8, 4) is 0 Å². The molecule has 1 aliphatic rings. The van der Waals surface area contributed by atoms with Crippen LogP contribution in [0.15, 0.2) is 0 Å². The van der Waals surface area contributed by atoms with Crippen molar-refractivity contribution < 1.29 is 0 Å². The number of hydrogen-bond donors (Lipinski definition) is 1. The van der Waals surface area contributed by atoms with Crippen LogP contribution in [0.5, 0.6) is 0 Å². The summed E-state index contributed by atoms with van der Waals surface area (Å²) < 4.78 is 0. The van der Waals surface area contributed by atoms with Crippen molar-refractivity contribution in [1.82, 2.24) is 4.90 Å². The first-order valence-corrected chi connectivity index (χ1v) is 6.82. The predicted molar refractivity (Wildman–Crippen MR) is 71.5 cm³/mol. The Balaban J connectivity index is 2.60. The second-order valence-corrected chi connectivity index (χ2v) is 6.77. The van der Waals surface area contributed by atoms with E-state index >= 15 is 0 Å². The summed E-state index contributed by atoms with van der Waals surface area (Å²) in [4.78, 5) is 2.68. The van der Waals surface area contributed by atoms with Gasteiger partial charge >= 0.3 is 0 Å². The molecule has 1 atom stereocenters. The van der Waals surface area contributed by atoms with Crippen LogP contribution in [0.3, 0.4) is 0 Å². The molecule has 1 aliphatic carbocycles. The van der Waals surface area contributed by atoms with Gasteiger partial charge < -0.3 is 5.73 Å². The van der Waals surface area contributed by atoms with Crippen LogP contribution in [-0.4, -0.2) is 30.1 Å². The molecular formula is C14H30N2. The Hall–Kier alpha value is -0.0800. The molecule has 0 aromatic rings. The van der Waals surface area contributed by atoms with Gasteiger partial charge in [0.25, 0.3) is 0 Å². The van der Waals surface area contributed by atoms with Crippen LogP contribution in [0.4, 0.5) is 0 Å². The van der Waals surface area contributed by atoms with Gasteiger partial charge in [-0.05, 0) is 37.1 Å². The monoisotopic (exact) mass is 226 g/mol. The Morgan fingerprint density at radius 3 is 2.12 bits per heavy atom. The normalized spacial score (nSPS) is 19.5. The fourth-order valence-corrected chi connectivity index (χ4v) is 2.39. The van der Waals surface area contributed by atoms with Crippen molar-refractivity contribution in [1.29, 1.82) is 0 Å². The highest BCUT2D eigenvalue weighted by molar-refractivity contribution is 4.93. The second-order valence-electron chi connectivity index (χ2n) is 6.77. The van der Waals surface area contributed by atoms with Gasteiger partial charge in [0, 0.05) is 18.6 Å². The summed E-state index contributed by atoms with van der Waals surface area (Å²) in [6.45, 7) is 13.6. The summed E-state index contributed by atoms with van der Waals surface area (Å²) in [5, 5.41) is 0. The summed E-state index contributed by atoms with van der Waals surface area (Å²) in [6.07, 6.45) is 4.05. The van der Waals surface area contributed by atoms with E-state index in [4.69, 9.17) is 5.73 Å². The molecule has 0 aliphatic heterocycles. The van der Waals surface area contributed by atoms with Gasteiger partial charge in [-0.3, -0.25) is 4.90 Å². The lowest BCUT2D eigenvalue weighted by Crippen LogP contribution is -2.50.